The first-order chi connectivity index (χ1) is 7.38. The molecule has 0 bridgehead atoms. The predicted octanol–water partition coefficient (Wildman–Crippen LogP) is 1.18. The average Bonchev–Trinajstić information content (AvgIpc) is 2.40. The molecule has 2 unspecified atom stereocenters. The standard InChI is InChI=1S/C13H21N3/c1-12(14)6-3-10-5-8-13(2,15)16-9-11(10)4-7-12/h3-4,6-7,16H,5,8-9,14-15H2,1-2H3. The largest absolute Gasteiger partial charge is 0.319 e. The van der Waals surface area contributed by atoms with Crippen LogP contribution in [-0.4, -0.2) is 17.7 Å². The van der Waals surface area contributed by atoms with Crippen LogP contribution in [0.3, 0.4) is 0 Å². The van der Waals surface area contributed by atoms with Crippen LogP contribution in [0.5, 0.6) is 0 Å². The lowest BCUT2D eigenvalue weighted by Crippen LogP contribution is -2.50. The van der Waals surface area contributed by atoms with Crippen LogP contribution in [0, 0.1) is 0 Å². The van der Waals surface area contributed by atoms with Gasteiger partial charge in [-0.2, -0.15) is 0 Å². The maximum absolute atomic E-state index is 6.11. The highest BCUT2D eigenvalue weighted by atomic mass is 15.1. The van der Waals surface area contributed by atoms with Crippen LogP contribution in [0.25, 0.3) is 0 Å². The monoisotopic (exact) mass is 219 g/mol. The Labute approximate surface area is 97.3 Å². The molecule has 1 aliphatic carbocycles. The molecule has 0 aromatic heterocycles. The van der Waals surface area contributed by atoms with Crippen molar-refractivity contribution in [3.63, 3.8) is 0 Å². The van der Waals surface area contributed by atoms with E-state index in [0.717, 1.165) is 19.4 Å². The Morgan fingerprint density at radius 2 is 1.75 bits per heavy atom. The minimum Gasteiger partial charge on any atom is -0.319 e. The molecule has 0 saturated carbocycles. The quantitative estimate of drug-likeness (QED) is 0.573. The molecule has 0 radical (unpaired) electrons. The van der Waals surface area contributed by atoms with Gasteiger partial charge in [0.25, 0.3) is 0 Å². The van der Waals surface area contributed by atoms with Crippen molar-refractivity contribution in [3.05, 3.63) is 35.5 Å². The van der Waals surface area contributed by atoms with E-state index in [1.807, 2.05) is 19.9 Å². The molecule has 88 valence electrons. The van der Waals surface area contributed by atoms with Gasteiger partial charge in [-0.05, 0) is 37.8 Å². The zero-order chi connectivity index (χ0) is 11.8. The predicted molar refractivity (Wildman–Crippen MR) is 67.7 cm³/mol. The van der Waals surface area contributed by atoms with E-state index in [0.29, 0.717) is 0 Å². The molecule has 3 nitrogen and oxygen atoms in total. The molecule has 1 heterocycles. The van der Waals surface area contributed by atoms with Crippen LogP contribution in [0.2, 0.25) is 0 Å². The van der Waals surface area contributed by atoms with E-state index >= 15 is 0 Å². The second-order valence-corrected chi connectivity index (χ2v) is 5.35. The highest BCUT2D eigenvalue weighted by Gasteiger charge is 2.23. The number of allylic oxidation sites excluding steroid dienone is 2. The Hall–Kier alpha value is -0.900. The molecule has 0 saturated heterocycles. The van der Waals surface area contributed by atoms with E-state index in [4.69, 9.17) is 11.5 Å². The Morgan fingerprint density at radius 1 is 1.12 bits per heavy atom. The first kappa shape index (κ1) is 11.6. The fraction of sp³-hybridized carbons (Fsp3) is 0.538. The summed E-state index contributed by atoms with van der Waals surface area (Å²) in [6.07, 6.45) is 10.3. The lowest BCUT2D eigenvalue weighted by Gasteiger charge is -2.24. The average molecular weight is 219 g/mol. The molecule has 0 aromatic rings. The summed E-state index contributed by atoms with van der Waals surface area (Å²) in [6, 6.07) is 0. The Balaban J connectivity index is 2.24. The van der Waals surface area contributed by atoms with Crippen LogP contribution < -0.4 is 16.8 Å². The van der Waals surface area contributed by atoms with Crippen molar-refractivity contribution in [2.45, 2.75) is 37.9 Å². The van der Waals surface area contributed by atoms with E-state index in [1.165, 1.54) is 11.1 Å². The first-order valence-corrected chi connectivity index (χ1v) is 5.81. The summed E-state index contributed by atoms with van der Waals surface area (Å²) >= 11 is 0. The Morgan fingerprint density at radius 3 is 2.44 bits per heavy atom. The molecule has 16 heavy (non-hydrogen) atoms. The second-order valence-electron chi connectivity index (χ2n) is 5.35. The summed E-state index contributed by atoms with van der Waals surface area (Å²) in [4.78, 5) is 0. The van der Waals surface area contributed by atoms with Gasteiger partial charge in [-0.1, -0.05) is 24.3 Å². The summed E-state index contributed by atoms with van der Waals surface area (Å²) in [5.74, 6) is 0. The normalized spacial score (nSPS) is 39.2. The van der Waals surface area contributed by atoms with E-state index in [2.05, 4.69) is 23.5 Å². The van der Waals surface area contributed by atoms with E-state index in [-0.39, 0.29) is 11.2 Å². The van der Waals surface area contributed by atoms with Gasteiger partial charge in [0, 0.05) is 6.54 Å². The van der Waals surface area contributed by atoms with E-state index < -0.39 is 0 Å². The Kier molecular flexibility index (Phi) is 2.78. The van der Waals surface area contributed by atoms with Crippen molar-refractivity contribution in [1.82, 2.24) is 5.32 Å². The molecule has 2 atom stereocenters. The molecule has 2 rings (SSSR count). The number of nitrogens with one attached hydrogen (secondary N) is 1. The lowest BCUT2D eigenvalue weighted by atomic mass is 10.0. The smallest absolute Gasteiger partial charge is 0.0638 e. The zero-order valence-corrected chi connectivity index (χ0v) is 10.1. The lowest BCUT2D eigenvalue weighted by molar-refractivity contribution is 0.365. The Bertz CT molecular complexity index is 341. The number of rotatable bonds is 0. The number of hydrogen-bond donors (Lipinski definition) is 3. The molecular weight excluding hydrogens is 198 g/mol. The molecule has 0 amide bonds. The summed E-state index contributed by atoms with van der Waals surface area (Å²) < 4.78 is 0. The minimum atomic E-state index is -0.335. The van der Waals surface area contributed by atoms with E-state index in [9.17, 15) is 0 Å². The second kappa shape index (κ2) is 3.84. The summed E-state index contributed by atoms with van der Waals surface area (Å²) in [7, 11) is 0. The third kappa shape index (κ3) is 2.61. The van der Waals surface area contributed by atoms with Crippen molar-refractivity contribution in [2.24, 2.45) is 11.5 Å². The van der Waals surface area contributed by atoms with Gasteiger partial charge in [-0.15, -0.1) is 0 Å². The van der Waals surface area contributed by atoms with Gasteiger partial charge >= 0.3 is 0 Å². The van der Waals surface area contributed by atoms with Crippen molar-refractivity contribution >= 4 is 0 Å². The molecule has 1 aliphatic heterocycles. The molecular formula is C13H21N3. The zero-order valence-electron chi connectivity index (χ0n) is 10.1. The third-order valence-corrected chi connectivity index (χ3v) is 3.30. The summed E-state index contributed by atoms with van der Waals surface area (Å²) in [5.41, 5.74) is 14.3. The molecule has 5 N–H and O–H groups in total. The van der Waals surface area contributed by atoms with Crippen molar-refractivity contribution in [3.8, 4) is 0 Å². The van der Waals surface area contributed by atoms with Crippen molar-refractivity contribution < 1.29 is 0 Å². The van der Waals surface area contributed by atoms with Crippen molar-refractivity contribution in [2.75, 3.05) is 6.54 Å². The van der Waals surface area contributed by atoms with Gasteiger partial charge in [0.1, 0.15) is 0 Å². The molecule has 3 heteroatoms. The maximum atomic E-state index is 6.11. The molecule has 0 spiro atoms. The van der Waals surface area contributed by atoms with Crippen molar-refractivity contribution in [1.29, 1.82) is 0 Å². The molecule has 2 aliphatic rings. The number of hydrogen-bond acceptors (Lipinski definition) is 3. The van der Waals surface area contributed by atoms with Gasteiger partial charge in [-0.3, -0.25) is 5.32 Å². The van der Waals surface area contributed by atoms with Crippen LogP contribution in [0.1, 0.15) is 26.7 Å². The summed E-state index contributed by atoms with van der Waals surface area (Å²) in [5, 5.41) is 3.37. The highest BCUT2D eigenvalue weighted by molar-refractivity contribution is 5.41. The fourth-order valence-electron chi connectivity index (χ4n) is 2.03. The SMILES string of the molecule is CC1(N)C=CC2=C(C=C1)CNC(C)(N)CC2. The topological polar surface area (TPSA) is 64.1 Å². The van der Waals surface area contributed by atoms with Crippen LogP contribution >= 0.6 is 0 Å². The van der Waals surface area contributed by atoms with Crippen LogP contribution in [0.4, 0.5) is 0 Å². The van der Waals surface area contributed by atoms with Gasteiger partial charge in [0.05, 0.1) is 11.2 Å². The van der Waals surface area contributed by atoms with Crippen LogP contribution in [0.15, 0.2) is 35.5 Å². The van der Waals surface area contributed by atoms with Gasteiger partial charge in [-0.25, -0.2) is 0 Å². The summed E-state index contributed by atoms with van der Waals surface area (Å²) in [6.45, 7) is 4.87. The number of nitrogens with two attached hydrogens (primary N) is 2. The third-order valence-electron chi connectivity index (χ3n) is 3.30. The fourth-order valence-corrected chi connectivity index (χ4v) is 2.03. The van der Waals surface area contributed by atoms with Gasteiger partial charge < -0.3 is 11.5 Å². The highest BCUT2D eigenvalue weighted by Crippen LogP contribution is 2.25. The van der Waals surface area contributed by atoms with E-state index in [1.54, 1.807) is 0 Å². The van der Waals surface area contributed by atoms with Crippen LogP contribution in [-0.2, 0) is 0 Å². The molecule has 0 fully saturated rings. The maximum Gasteiger partial charge on any atom is 0.0638 e. The molecule has 0 aromatic carbocycles. The van der Waals surface area contributed by atoms with Gasteiger partial charge in [0.15, 0.2) is 0 Å². The minimum absolute atomic E-state index is 0.264. The van der Waals surface area contributed by atoms with Gasteiger partial charge in [0.2, 0.25) is 0 Å². The first-order valence-electron chi connectivity index (χ1n) is 5.81.